The molecule has 1 N–H and O–H groups in total. The van der Waals surface area contributed by atoms with Gasteiger partial charge >= 0.3 is 6.18 Å². The lowest BCUT2D eigenvalue weighted by Crippen LogP contribution is -2.31. The van der Waals surface area contributed by atoms with Crippen LogP contribution in [0.5, 0.6) is 0 Å². The molecule has 0 atom stereocenters. The summed E-state index contributed by atoms with van der Waals surface area (Å²) in [7, 11) is -0.494. The first-order valence-corrected chi connectivity index (χ1v) is 7.41. The van der Waals surface area contributed by atoms with E-state index in [2.05, 4.69) is 4.72 Å². The molecule has 21 heavy (non-hydrogen) atoms. The first kappa shape index (κ1) is 20.5. The van der Waals surface area contributed by atoms with Crippen LogP contribution in [0, 0.1) is 0 Å². The molecule has 0 saturated carbocycles. The average molecular weight is 367 g/mol. The predicted octanol–water partition coefficient (Wildman–Crippen LogP) is 2.62. The number of halogens is 5. The van der Waals surface area contributed by atoms with E-state index < -0.39 is 31.7 Å². The van der Waals surface area contributed by atoms with Crippen molar-refractivity contribution in [1.29, 1.82) is 0 Å². The molecule has 0 unspecified atom stereocenters. The molecule has 0 aliphatic rings. The molecule has 1 aromatic rings. The van der Waals surface area contributed by atoms with Crippen LogP contribution in [-0.2, 0) is 16.2 Å². The Morgan fingerprint density at radius 2 is 1.86 bits per heavy atom. The van der Waals surface area contributed by atoms with Gasteiger partial charge in [-0.3, -0.25) is 0 Å². The van der Waals surface area contributed by atoms with Crippen molar-refractivity contribution < 1.29 is 21.6 Å². The Hall–Kier alpha value is -0.540. The molecule has 0 bridgehead atoms. The van der Waals surface area contributed by atoms with Crippen LogP contribution in [0.2, 0.25) is 5.02 Å². The van der Waals surface area contributed by atoms with Crippen molar-refractivity contribution in [3.05, 3.63) is 28.8 Å². The van der Waals surface area contributed by atoms with Gasteiger partial charge in [0.2, 0.25) is 10.0 Å². The zero-order chi connectivity index (χ0) is 15.6. The number of likely N-dealkylation sites (N-methyl/N-ethyl adjacent to an activating group) is 1. The molecule has 1 aromatic carbocycles. The smallest absolute Gasteiger partial charge is 0.308 e. The molecule has 0 aliphatic carbocycles. The number of nitrogens with one attached hydrogen (secondary N) is 1. The summed E-state index contributed by atoms with van der Waals surface area (Å²) in [6.45, 7) is 0.526. The van der Waals surface area contributed by atoms with E-state index in [0.717, 1.165) is 12.1 Å². The van der Waals surface area contributed by atoms with Crippen LogP contribution in [0.3, 0.4) is 0 Å². The minimum Gasteiger partial charge on any atom is -0.308 e. The second-order valence-electron chi connectivity index (χ2n) is 4.34. The second kappa shape index (κ2) is 7.64. The summed E-state index contributed by atoms with van der Waals surface area (Å²) in [6.07, 6.45) is -4.70. The van der Waals surface area contributed by atoms with Crippen LogP contribution in [0.25, 0.3) is 0 Å². The van der Waals surface area contributed by atoms with E-state index in [1.165, 1.54) is 0 Å². The van der Waals surface area contributed by atoms with Gasteiger partial charge in [-0.05, 0) is 32.3 Å². The fourth-order valence-corrected chi connectivity index (χ4v) is 2.65. The standard InChI is InChI=1S/C11H14ClF3N2O2S.ClH/c1-17(2)6-5-16-20(18,19)8-3-4-10(12)9(7-8)11(13,14)15;/h3-4,7,16H,5-6H2,1-2H3;1H. The monoisotopic (exact) mass is 366 g/mol. The molecular formula is C11H15Cl2F3N2O2S. The Morgan fingerprint density at radius 1 is 1.29 bits per heavy atom. The fraction of sp³-hybridized carbons (Fsp3) is 0.455. The average Bonchev–Trinajstić information content (AvgIpc) is 2.26. The topological polar surface area (TPSA) is 49.4 Å². The highest BCUT2D eigenvalue weighted by atomic mass is 35.5. The lowest BCUT2D eigenvalue weighted by molar-refractivity contribution is -0.137. The third kappa shape index (κ3) is 5.99. The minimum absolute atomic E-state index is 0. The summed E-state index contributed by atoms with van der Waals surface area (Å²) in [4.78, 5) is 1.28. The lowest BCUT2D eigenvalue weighted by atomic mass is 10.2. The first-order chi connectivity index (χ1) is 9.04. The van der Waals surface area contributed by atoms with Gasteiger partial charge in [0.05, 0.1) is 15.5 Å². The lowest BCUT2D eigenvalue weighted by Gasteiger charge is -2.13. The van der Waals surface area contributed by atoms with Crippen LogP contribution < -0.4 is 4.72 Å². The van der Waals surface area contributed by atoms with E-state index >= 15 is 0 Å². The number of alkyl halides is 3. The molecule has 0 aliphatic heterocycles. The second-order valence-corrected chi connectivity index (χ2v) is 6.51. The number of hydrogen-bond acceptors (Lipinski definition) is 3. The fourth-order valence-electron chi connectivity index (χ4n) is 1.38. The summed E-state index contributed by atoms with van der Waals surface area (Å²) in [5.74, 6) is 0. The summed E-state index contributed by atoms with van der Waals surface area (Å²) in [5.41, 5.74) is -1.17. The summed E-state index contributed by atoms with van der Waals surface area (Å²) in [6, 6.07) is 2.49. The largest absolute Gasteiger partial charge is 0.417 e. The van der Waals surface area contributed by atoms with Crippen LogP contribution >= 0.6 is 24.0 Å². The predicted molar refractivity (Wildman–Crippen MR) is 77.4 cm³/mol. The molecule has 0 radical (unpaired) electrons. The maximum atomic E-state index is 12.7. The molecule has 0 fully saturated rings. The van der Waals surface area contributed by atoms with Crippen molar-refractivity contribution in [2.45, 2.75) is 11.1 Å². The van der Waals surface area contributed by atoms with Crippen molar-refractivity contribution in [3.8, 4) is 0 Å². The normalized spacial score (nSPS) is 12.3. The number of sulfonamides is 1. The Bertz CT molecular complexity index is 577. The summed E-state index contributed by atoms with van der Waals surface area (Å²) < 4.78 is 64.0. The third-order valence-corrected chi connectivity index (χ3v) is 4.19. The van der Waals surface area contributed by atoms with Crippen molar-refractivity contribution in [1.82, 2.24) is 9.62 Å². The van der Waals surface area contributed by atoms with Crippen molar-refractivity contribution >= 4 is 34.0 Å². The van der Waals surface area contributed by atoms with E-state index in [1.807, 2.05) is 0 Å². The highest BCUT2D eigenvalue weighted by Gasteiger charge is 2.34. The van der Waals surface area contributed by atoms with Crippen molar-refractivity contribution in [2.75, 3.05) is 27.2 Å². The maximum absolute atomic E-state index is 12.7. The van der Waals surface area contributed by atoms with E-state index in [0.29, 0.717) is 12.6 Å². The van der Waals surface area contributed by atoms with Crippen LogP contribution in [0.1, 0.15) is 5.56 Å². The van der Waals surface area contributed by atoms with Gasteiger partial charge in [0.15, 0.2) is 0 Å². The van der Waals surface area contributed by atoms with Crippen molar-refractivity contribution in [2.24, 2.45) is 0 Å². The molecule has 0 aromatic heterocycles. The van der Waals surface area contributed by atoms with E-state index in [-0.39, 0.29) is 19.0 Å². The molecule has 10 heteroatoms. The van der Waals surface area contributed by atoms with Gasteiger partial charge in [-0.2, -0.15) is 13.2 Å². The Morgan fingerprint density at radius 3 is 2.33 bits per heavy atom. The molecule has 122 valence electrons. The Balaban J connectivity index is 0.00000400. The van der Waals surface area contributed by atoms with E-state index in [4.69, 9.17) is 11.6 Å². The van der Waals surface area contributed by atoms with Gasteiger partial charge in [0, 0.05) is 13.1 Å². The Kier molecular flexibility index (Phi) is 7.44. The highest BCUT2D eigenvalue weighted by molar-refractivity contribution is 7.89. The minimum atomic E-state index is -4.70. The van der Waals surface area contributed by atoms with Gasteiger partial charge in [-0.25, -0.2) is 13.1 Å². The SMILES string of the molecule is CN(C)CCNS(=O)(=O)c1ccc(Cl)c(C(F)(F)F)c1.Cl. The third-order valence-electron chi connectivity index (χ3n) is 2.40. The zero-order valence-electron chi connectivity index (χ0n) is 11.2. The molecular weight excluding hydrogens is 352 g/mol. The molecule has 0 spiro atoms. The van der Waals surface area contributed by atoms with Crippen LogP contribution in [0.15, 0.2) is 23.1 Å². The van der Waals surface area contributed by atoms with Gasteiger partial charge < -0.3 is 4.90 Å². The number of hydrogen-bond donors (Lipinski definition) is 1. The van der Waals surface area contributed by atoms with Gasteiger partial charge in [-0.1, -0.05) is 11.6 Å². The van der Waals surface area contributed by atoms with Crippen LogP contribution in [0.4, 0.5) is 13.2 Å². The van der Waals surface area contributed by atoms with E-state index in [1.54, 1.807) is 19.0 Å². The highest BCUT2D eigenvalue weighted by Crippen LogP contribution is 2.35. The number of nitrogens with zero attached hydrogens (tertiary/aromatic N) is 1. The van der Waals surface area contributed by atoms with E-state index in [9.17, 15) is 21.6 Å². The Labute approximate surface area is 132 Å². The van der Waals surface area contributed by atoms with Crippen molar-refractivity contribution in [3.63, 3.8) is 0 Å². The van der Waals surface area contributed by atoms with Crippen LogP contribution in [-0.4, -0.2) is 40.5 Å². The summed E-state index contributed by atoms with van der Waals surface area (Å²) >= 11 is 5.43. The maximum Gasteiger partial charge on any atom is 0.417 e. The summed E-state index contributed by atoms with van der Waals surface area (Å²) in [5, 5.41) is -0.537. The molecule has 0 heterocycles. The van der Waals surface area contributed by atoms with Gasteiger partial charge in [0.1, 0.15) is 0 Å². The first-order valence-electron chi connectivity index (χ1n) is 5.55. The molecule has 1 rings (SSSR count). The van der Waals surface area contributed by atoms with Gasteiger partial charge in [0.25, 0.3) is 0 Å². The number of rotatable bonds is 5. The quantitative estimate of drug-likeness (QED) is 0.871. The number of benzene rings is 1. The zero-order valence-corrected chi connectivity index (χ0v) is 13.6. The molecule has 4 nitrogen and oxygen atoms in total. The molecule has 0 amide bonds. The molecule has 0 saturated heterocycles. The van der Waals surface area contributed by atoms with Gasteiger partial charge in [-0.15, -0.1) is 12.4 Å².